The maximum Gasteiger partial charge on any atom is 0.258 e. The summed E-state index contributed by atoms with van der Waals surface area (Å²) in [6.07, 6.45) is 1.07. The predicted octanol–water partition coefficient (Wildman–Crippen LogP) is 4.68. The van der Waals surface area contributed by atoms with Gasteiger partial charge in [-0.3, -0.25) is 15.0 Å². The first-order chi connectivity index (χ1) is 18.0. The molecule has 0 radical (unpaired) electrons. The molecule has 0 heterocycles. The third-order valence-corrected chi connectivity index (χ3v) is 6.82. The molecule has 0 atom stereocenters. The number of hydrogen-bond acceptors (Lipinski definition) is 5. The zero-order valence-corrected chi connectivity index (χ0v) is 21.0. The Morgan fingerprint density at radius 2 is 1.50 bits per heavy atom. The van der Waals surface area contributed by atoms with Crippen LogP contribution in [0, 0.1) is 11.2 Å². The average Bonchev–Trinajstić information content (AvgIpc) is 2.88. The van der Waals surface area contributed by atoms with Crippen molar-refractivity contribution in [2.24, 2.45) is 5.73 Å². The Balaban J connectivity index is 1.58. The van der Waals surface area contributed by atoms with Crippen LogP contribution in [0.5, 0.6) is 0 Å². The minimum absolute atomic E-state index is 0.0466. The average molecular weight is 531 g/mol. The molecule has 38 heavy (non-hydrogen) atoms. The van der Waals surface area contributed by atoms with E-state index in [2.05, 4.69) is 10.6 Å². The molecule has 0 unspecified atom stereocenters. The zero-order valence-electron chi connectivity index (χ0n) is 20.2. The molecule has 0 fully saturated rings. The second-order valence-electron chi connectivity index (χ2n) is 8.41. The Morgan fingerprint density at radius 1 is 0.816 bits per heavy atom. The maximum atomic E-state index is 15.0. The number of carbonyl (C=O) groups excluding carboxylic acids is 2. The number of nitrogens with two attached hydrogens (primary N) is 1. The Bertz CT molecular complexity index is 1690. The van der Waals surface area contributed by atoms with E-state index in [-0.39, 0.29) is 27.5 Å². The maximum absolute atomic E-state index is 15.0. The summed E-state index contributed by atoms with van der Waals surface area (Å²) in [7, 11) is -3.56. The highest BCUT2D eigenvalue weighted by Crippen LogP contribution is 2.29. The molecule has 8 nitrogen and oxygen atoms in total. The van der Waals surface area contributed by atoms with Gasteiger partial charge in [0.1, 0.15) is 11.7 Å². The molecule has 0 saturated carbocycles. The van der Waals surface area contributed by atoms with E-state index in [0.29, 0.717) is 22.4 Å². The van der Waals surface area contributed by atoms with Crippen molar-refractivity contribution >= 4 is 38.9 Å². The number of nitrogens with one attached hydrogen (secondary N) is 3. The number of amidine groups is 1. The minimum atomic E-state index is -3.56. The van der Waals surface area contributed by atoms with Gasteiger partial charge in [0.25, 0.3) is 11.8 Å². The first-order valence-corrected chi connectivity index (χ1v) is 13.2. The van der Waals surface area contributed by atoms with Crippen LogP contribution >= 0.6 is 0 Å². The van der Waals surface area contributed by atoms with Gasteiger partial charge in [-0.25, -0.2) is 12.8 Å². The number of hydrogen-bond donors (Lipinski definition) is 4. The van der Waals surface area contributed by atoms with Gasteiger partial charge in [-0.1, -0.05) is 48.5 Å². The normalized spacial score (nSPS) is 11.0. The van der Waals surface area contributed by atoms with Crippen molar-refractivity contribution in [3.63, 3.8) is 0 Å². The number of rotatable bonds is 7. The standard InChI is InChI=1S/C28H23FN4O4S/c1-38(36,37)25-12-5-3-9-20(25)17-13-14-21(23(29)16-17)27(34)33-24-11-4-2-10-22(24)28(35)32-19-8-6-7-18(15-19)26(30)31/h2-16H,1H3,(H3,30,31)(H,32,35)(H,33,34). The SMILES string of the molecule is CS(=O)(=O)c1ccccc1-c1ccc(C(=O)Nc2ccccc2C(=O)Nc2cccc(C(=N)N)c2)c(F)c1. The molecule has 4 aromatic carbocycles. The highest BCUT2D eigenvalue weighted by Gasteiger charge is 2.19. The van der Waals surface area contributed by atoms with Gasteiger partial charge in [-0.2, -0.15) is 0 Å². The van der Waals surface area contributed by atoms with Crippen molar-refractivity contribution in [2.75, 3.05) is 16.9 Å². The second-order valence-corrected chi connectivity index (χ2v) is 10.4. The molecule has 0 bridgehead atoms. The third kappa shape index (κ3) is 5.76. The summed E-state index contributed by atoms with van der Waals surface area (Å²) in [5.41, 5.74) is 6.96. The van der Waals surface area contributed by atoms with Crippen LogP contribution in [0.15, 0.2) is 95.9 Å². The Hall–Kier alpha value is -4.83. The Labute approximate surface area is 218 Å². The molecule has 10 heteroatoms. The molecule has 0 aliphatic heterocycles. The third-order valence-electron chi connectivity index (χ3n) is 5.66. The van der Waals surface area contributed by atoms with Crippen LogP contribution in [0.4, 0.5) is 15.8 Å². The summed E-state index contributed by atoms with van der Waals surface area (Å²) in [5.74, 6) is -2.33. The molecule has 0 aromatic heterocycles. The van der Waals surface area contributed by atoms with Crippen molar-refractivity contribution in [2.45, 2.75) is 4.90 Å². The van der Waals surface area contributed by atoms with Gasteiger partial charge in [0.2, 0.25) is 0 Å². The van der Waals surface area contributed by atoms with Crippen molar-refractivity contribution in [1.29, 1.82) is 5.41 Å². The number of benzene rings is 4. The van der Waals surface area contributed by atoms with Crippen LogP contribution in [0.2, 0.25) is 0 Å². The molecule has 0 saturated heterocycles. The van der Waals surface area contributed by atoms with Gasteiger partial charge < -0.3 is 16.4 Å². The second kappa shape index (κ2) is 10.7. The molecular formula is C28H23FN4O4S. The number of para-hydroxylation sites is 1. The van der Waals surface area contributed by atoms with E-state index in [1.165, 1.54) is 30.3 Å². The van der Waals surface area contributed by atoms with Gasteiger partial charge in [0, 0.05) is 23.1 Å². The molecule has 192 valence electrons. The van der Waals surface area contributed by atoms with Crippen LogP contribution in [0.3, 0.4) is 0 Å². The molecular weight excluding hydrogens is 507 g/mol. The topological polar surface area (TPSA) is 142 Å². The van der Waals surface area contributed by atoms with E-state index in [9.17, 15) is 18.0 Å². The summed E-state index contributed by atoms with van der Waals surface area (Å²) >= 11 is 0. The van der Waals surface area contributed by atoms with Crippen molar-refractivity contribution in [1.82, 2.24) is 0 Å². The number of carbonyl (C=O) groups is 2. The van der Waals surface area contributed by atoms with Crippen molar-refractivity contribution < 1.29 is 22.4 Å². The number of halogens is 1. The highest BCUT2D eigenvalue weighted by molar-refractivity contribution is 7.90. The van der Waals surface area contributed by atoms with Gasteiger partial charge in [0.15, 0.2) is 9.84 Å². The number of nitrogen functional groups attached to an aromatic ring is 1. The van der Waals surface area contributed by atoms with Gasteiger partial charge >= 0.3 is 0 Å². The van der Waals surface area contributed by atoms with Crippen LogP contribution < -0.4 is 16.4 Å². The molecule has 4 rings (SSSR count). The van der Waals surface area contributed by atoms with Crippen LogP contribution in [-0.4, -0.2) is 32.3 Å². The quantitative estimate of drug-likeness (QED) is 0.203. The lowest BCUT2D eigenvalue weighted by Crippen LogP contribution is -2.19. The number of amides is 2. The highest BCUT2D eigenvalue weighted by atomic mass is 32.2. The van der Waals surface area contributed by atoms with Crippen LogP contribution in [0.25, 0.3) is 11.1 Å². The smallest absolute Gasteiger partial charge is 0.258 e. The van der Waals surface area contributed by atoms with E-state index < -0.39 is 27.5 Å². The summed E-state index contributed by atoms with van der Waals surface area (Å²) in [6.45, 7) is 0. The molecule has 0 aliphatic carbocycles. The van der Waals surface area contributed by atoms with Gasteiger partial charge in [-0.05, 0) is 48.0 Å². The lowest BCUT2D eigenvalue weighted by molar-refractivity contribution is 0.102. The summed E-state index contributed by atoms with van der Waals surface area (Å²) in [5, 5.41) is 12.8. The van der Waals surface area contributed by atoms with E-state index in [1.54, 1.807) is 54.6 Å². The van der Waals surface area contributed by atoms with E-state index >= 15 is 4.39 Å². The Kier molecular flexibility index (Phi) is 7.35. The van der Waals surface area contributed by atoms with E-state index in [0.717, 1.165) is 12.3 Å². The van der Waals surface area contributed by atoms with Crippen LogP contribution in [0.1, 0.15) is 26.3 Å². The molecule has 4 aromatic rings. The fourth-order valence-corrected chi connectivity index (χ4v) is 4.75. The number of anilines is 2. The van der Waals surface area contributed by atoms with Crippen molar-refractivity contribution in [3.05, 3.63) is 114 Å². The predicted molar refractivity (Wildman–Crippen MR) is 145 cm³/mol. The van der Waals surface area contributed by atoms with Crippen molar-refractivity contribution in [3.8, 4) is 11.1 Å². The first-order valence-electron chi connectivity index (χ1n) is 11.3. The minimum Gasteiger partial charge on any atom is -0.384 e. The van der Waals surface area contributed by atoms with Crippen LogP contribution in [-0.2, 0) is 9.84 Å². The molecule has 2 amide bonds. The fourth-order valence-electron chi connectivity index (χ4n) is 3.84. The molecule has 0 spiro atoms. The summed E-state index contributed by atoms with van der Waals surface area (Å²) < 4.78 is 39.3. The fraction of sp³-hybridized carbons (Fsp3) is 0.0357. The first kappa shape index (κ1) is 26.2. The summed E-state index contributed by atoms with van der Waals surface area (Å²) in [4.78, 5) is 25.9. The largest absolute Gasteiger partial charge is 0.384 e. The molecule has 5 N–H and O–H groups in total. The monoisotopic (exact) mass is 530 g/mol. The van der Waals surface area contributed by atoms with Gasteiger partial charge in [-0.15, -0.1) is 0 Å². The van der Waals surface area contributed by atoms with Gasteiger partial charge in [0.05, 0.1) is 21.7 Å². The zero-order chi connectivity index (χ0) is 27.4. The number of sulfone groups is 1. The lowest BCUT2D eigenvalue weighted by atomic mass is 10.0. The summed E-state index contributed by atoms with van der Waals surface area (Å²) in [6, 6.07) is 22.7. The van der Waals surface area contributed by atoms with E-state index in [1.807, 2.05) is 0 Å². The van der Waals surface area contributed by atoms with E-state index in [4.69, 9.17) is 11.1 Å². The Morgan fingerprint density at radius 3 is 2.21 bits per heavy atom. The lowest BCUT2D eigenvalue weighted by Gasteiger charge is -2.13. The molecule has 0 aliphatic rings.